The molecule has 0 amide bonds. The van der Waals surface area contributed by atoms with E-state index in [1.807, 2.05) is 6.26 Å². The molecule has 76 valence electrons. The van der Waals surface area contributed by atoms with E-state index >= 15 is 0 Å². The highest BCUT2D eigenvalue weighted by Crippen LogP contribution is 2.35. The minimum atomic E-state index is 0.00449. The van der Waals surface area contributed by atoms with Gasteiger partial charge in [-0.15, -0.1) is 11.8 Å². The molecule has 4 heteroatoms. The number of hydrogen-bond donors (Lipinski definition) is 0. The van der Waals surface area contributed by atoms with E-state index in [-0.39, 0.29) is 5.78 Å². The second kappa shape index (κ2) is 4.71. The Kier molecular flexibility index (Phi) is 3.84. The summed E-state index contributed by atoms with van der Waals surface area (Å²) in [6.45, 7) is 1.52. The van der Waals surface area contributed by atoms with Gasteiger partial charge in [-0.1, -0.05) is 11.6 Å². The summed E-state index contributed by atoms with van der Waals surface area (Å²) in [4.78, 5) is 12.0. The summed E-state index contributed by atoms with van der Waals surface area (Å²) in [5, 5.41) is 0.476. The predicted molar refractivity (Wildman–Crippen MR) is 59.8 cm³/mol. The van der Waals surface area contributed by atoms with Crippen molar-refractivity contribution in [3.63, 3.8) is 0 Å². The molecular formula is C10H11ClO2S. The highest BCUT2D eigenvalue weighted by molar-refractivity contribution is 7.98. The Bertz CT molecular complexity index is 363. The van der Waals surface area contributed by atoms with Crippen LogP contribution < -0.4 is 4.74 Å². The number of ether oxygens (including phenoxy) is 1. The van der Waals surface area contributed by atoms with Crippen LogP contribution >= 0.6 is 23.4 Å². The molecule has 0 aliphatic heterocycles. The van der Waals surface area contributed by atoms with Crippen LogP contribution in [0.2, 0.25) is 5.02 Å². The van der Waals surface area contributed by atoms with Crippen molar-refractivity contribution in [3.8, 4) is 5.75 Å². The fraction of sp³-hybridized carbons (Fsp3) is 0.300. The third-order valence-electron chi connectivity index (χ3n) is 1.84. The maximum Gasteiger partial charge on any atom is 0.159 e. The second-order valence-electron chi connectivity index (χ2n) is 2.75. The molecule has 1 aromatic carbocycles. The van der Waals surface area contributed by atoms with Crippen LogP contribution in [0, 0.1) is 0 Å². The van der Waals surface area contributed by atoms with Gasteiger partial charge in [0.25, 0.3) is 0 Å². The first-order chi connectivity index (χ1) is 6.60. The third-order valence-corrected chi connectivity index (χ3v) is 2.86. The summed E-state index contributed by atoms with van der Waals surface area (Å²) in [7, 11) is 1.56. The van der Waals surface area contributed by atoms with Crippen molar-refractivity contribution < 1.29 is 9.53 Å². The number of thioether (sulfide) groups is 1. The molecule has 0 fully saturated rings. The van der Waals surface area contributed by atoms with Crippen LogP contribution in [0.15, 0.2) is 17.0 Å². The number of rotatable bonds is 3. The van der Waals surface area contributed by atoms with Crippen molar-refractivity contribution in [3.05, 3.63) is 22.7 Å². The molecule has 0 saturated heterocycles. The highest BCUT2D eigenvalue weighted by Gasteiger charge is 2.11. The predicted octanol–water partition coefficient (Wildman–Crippen LogP) is 3.27. The fourth-order valence-corrected chi connectivity index (χ4v) is 2.10. The summed E-state index contributed by atoms with van der Waals surface area (Å²) >= 11 is 7.47. The van der Waals surface area contributed by atoms with Crippen LogP contribution in [0.1, 0.15) is 17.3 Å². The number of halogens is 1. The molecule has 1 rings (SSSR count). The van der Waals surface area contributed by atoms with E-state index in [9.17, 15) is 4.79 Å². The van der Waals surface area contributed by atoms with Crippen LogP contribution in [0.25, 0.3) is 0 Å². The zero-order valence-corrected chi connectivity index (χ0v) is 9.83. The maximum absolute atomic E-state index is 11.2. The average molecular weight is 231 g/mol. The van der Waals surface area contributed by atoms with Gasteiger partial charge in [0.05, 0.1) is 17.0 Å². The number of carbonyl (C=O) groups excluding carboxylic acids is 1. The summed E-state index contributed by atoms with van der Waals surface area (Å²) in [6, 6.07) is 3.42. The molecule has 0 spiro atoms. The molecule has 0 bridgehead atoms. The van der Waals surface area contributed by atoms with Gasteiger partial charge in [-0.25, -0.2) is 0 Å². The topological polar surface area (TPSA) is 26.3 Å². The second-order valence-corrected chi connectivity index (χ2v) is 4.01. The molecule has 0 unspecified atom stereocenters. The van der Waals surface area contributed by atoms with Gasteiger partial charge in [-0.05, 0) is 25.3 Å². The Hall–Kier alpha value is -0.670. The van der Waals surface area contributed by atoms with Crippen molar-refractivity contribution in [1.29, 1.82) is 0 Å². The lowest BCUT2D eigenvalue weighted by Crippen LogP contribution is -1.95. The molecule has 0 aliphatic carbocycles. The van der Waals surface area contributed by atoms with Crippen LogP contribution in [-0.4, -0.2) is 19.1 Å². The number of benzene rings is 1. The summed E-state index contributed by atoms with van der Waals surface area (Å²) in [6.07, 6.45) is 1.91. The summed E-state index contributed by atoms with van der Waals surface area (Å²) in [5.74, 6) is 0.633. The lowest BCUT2D eigenvalue weighted by molar-refractivity contribution is 0.101. The zero-order valence-electron chi connectivity index (χ0n) is 8.26. The van der Waals surface area contributed by atoms with Crippen molar-refractivity contribution in [2.24, 2.45) is 0 Å². The Morgan fingerprint density at radius 1 is 1.50 bits per heavy atom. The number of hydrogen-bond acceptors (Lipinski definition) is 3. The van der Waals surface area contributed by atoms with Gasteiger partial charge in [0.2, 0.25) is 0 Å². The third kappa shape index (κ3) is 2.22. The molecule has 0 heterocycles. The number of methoxy groups -OCH3 is 1. The van der Waals surface area contributed by atoms with E-state index in [1.165, 1.54) is 18.7 Å². The Morgan fingerprint density at radius 3 is 2.57 bits per heavy atom. The van der Waals surface area contributed by atoms with Crippen LogP contribution in [0.4, 0.5) is 0 Å². The Balaban J connectivity index is 3.31. The Labute approximate surface area is 92.6 Å². The van der Waals surface area contributed by atoms with Gasteiger partial charge in [0.15, 0.2) is 11.5 Å². The van der Waals surface area contributed by atoms with E-state index in [0.29, 0.717) is 16.3 Å². The monoisotopic (exact) mass is 230 g/mol. The Morgan fingerprint density at radius 2 is 2.14 bits per heavy atom. The summed E-state index contributed by atoms with van der Waals surface area (Å²) in [5.41, 5.74) is 0.611. The maximum atomic E-state index is 11.2. The quantitative estimate of drug-likeness (QED) is 0.589. The van der Waals surface area contributed by atoms with Gasteiger partial charge in [0.1, 0.15) is 0 Å². The van der Waals surface area contributed by atoms with Crippen molar-refractivity contribution in [2.75, 3.05) is 13.4 Å². The normalized spacial score (nSPS) is 10.0. The largest absolute Gasteiger partial charge is 0.494 e. The zero-order chi connectivity index (χ0) is 10.7. The van der Waals surface area contributed by atoms with E-state index in [2.05, 4.69) is 0 Å². The first kappa shape index (κ1) is 11.4. The van der Waals surface area contributed by atoms with E-state index < -0.39 is 0 Å². The van der Waals surface area contributed by atoms with Crippen LogP contribution in [-0.2, 0) is 0 Å². The van der Waals surface area contributed by atoms with Crippen molar-refractivity contribution >= 4 is 29.1 Å². The van der Waals surface area contributed by atoms with Crippen LogP contribution in [0.5, 0.6) is 5.75 Å². The fourth-order valence-electron chi connectivity index (χ4n) is 1.12. The lowest BCUT2D eigenvalue weighted by Gasteiger charge is -2.09. The minimum Gasteiger partial charge on any atom is -0.494 e. The highest BCUT2D eigenvalue weighted by atomic mass is 35.5. The molecule has 0 saturated carbocycles. The van der Waals surface area contributed by atoms with Gasteiger partial charge in [-0.2, -0.15) is 0 Å². The van der Waals surface area contributed by atoms with Gasteiger partial charge in [0, 0.05) is 5.56 Å². The smallest absolute Gasteiger partial charge is 0.159 e. The molecule has 0 aliphatic rings. The van der Waals surface area contributed by atoms with E-state index in [0.717, 1.165) is 4.90 Å². The van der Waals surface area contributed by atoms with E-state index in [1.54, 1.807) is 19.2 Å². The number of Topliss-reactive ketones (excluding diaryl/α,β-unsaturated/α-hetero) is 1. The molecule has 0 atom stereocenters. The summed E-state index contributed by atoms with van der Waals surface area (Å²) < 4.78 is 5.14. The minimum absolute atomic E-state index is 0.00449. The first-order valence-electron chi connectivity index (χ1n) is 4.02. The van der Waals surface area contributed by atoms with Crippen molar-refractivity contribution in [2.45, 2.75) is 11.8 Å². The number of carbonyl (C=O) groups is 1. The SMILES string of the molecule is COc1c(Cl)cc(C(C)=O)cc1SC. The molecule has 1 aromatic rings. The van der Waals surface area contributed by atoms with Gasteiger partial charge < -0.3 is 4.74 Å². The van der Waals surface area contributed by atoms with Crippen LogP contribution in [0.3, 0.4) is 0 Å². The standard InChI is InChI=1S/C10H11ClO2S/c1-6(12)7-4-8(11)10(13-2)9(5-7)14-3/h4-5H,1-3H3. The molecule has 2 nitrogen and oxygen atoms in total. The molecule has 0 aromatic heterocycles. The average Bonchev–Trinajstić information content (AvgIpc) is 2.16. The van der Waals surface area contributed by atoms with Gasteiger partial charge >= 0.3 is 0 Å². The number of ketones is 1. The van der Waals surface area contributed by atoms with Gasteiger partial charge in [-0.3, -0.25) is 4.79 Å². The molecular weight excluding hydrogens is 220 g/mol. The molecule has 0 radical (unpaired) electrons. The lowest BCUT2D eigenvalue weighted by atomic mass is 10.1. The first-order valence-corrected chi connectivity index (χ1v) is 5.63. The van der Waals surface area contributed by atoms with Crippen molar-refractivity contribution in [1.82, 2.24) is 0 Å². The van der Waals surface area contributed by atoms with E-state index in [4.69, 9.17) is 16.3 Å². The molecule has 14 heavy (non-hydrogen) atoms. The molecule has 0 N–H and O–H groups in total.